The van der Waals surface area contributed by atoms with Crippen molar-refractivity contribution in [1.29, 1.82) is 0 Å². The van der Waals surface area contributed by atoms with E-state index in [0.717, 1.165) is 0 Å². The Kier molecular flexibility index (Phi) is 5.27. The molecular weight excluding hydrogens is 418 g/mol. The van der Waals surface area contributed by atoms with E-state index in [-0.39, 0.29) is 27.8 Å². The molecule has 1 aromatic carbocycles. The molecule has 7 N–H and O–H groups in total. The lowest BCUT2D eigenvalue weighted by atomic mass is 10.1. The molecule has 14 heteroatoms. The van der Waals surface area contributed by atoms with Crippen LogP contribution >= 0.6 is 0 Å². The van der Waals surface area contributed by atoms with Crippen LogP contribution in [-0.2, 0) is 14.8 Å². The highest BCUT2D eigenvalue weighted by Gasteiger charge is 2.44. The highest BCUT2D eigenvalue weighted by Crippen LogP contribution is 2.32. The summed E-state index contributed by atoms with van der Waals surface area (Å²) in [7, 11) is -3.89. The molecule has 0 aliphatic carbocycles. The molecule has 0 unspecified atom stereocenters. The number of aliphatic hydroxyl groups excluding tert-OH is 3. The summed E-state index contributed by atoms with van der Waals surface area (Å²) < 4.78 is 31.5. The number of nitrogens with one attached hydrogen (secondary N) is 2. The molecule has 2 aromatic heterocycles. The van der Waals surface area contributed by atoms with Gasteiger partial charge in [0.2, 0.25) is 5.95 Å². The second kappa shape index (κ2) is 7.75. The molecular formula is C16H19N7O6S. The quantitative estimate of drug-likeness (QED) is 0.241. The van der Waals surface area contributed by atoms with Gasteiger partial charge in [-0.05, 0) is 12.1 Å². The molecule has 0 radical (unpaired) electrons. The summed E-state index contributed by atoms with van der Waals surface area (Å²) >= 11 is 0. The van der Waals surface area contributed by atoms with Crippen LogP contribution in [0.2, 0.25) is 0 Å². The Morgan fingerprint density at radius 3 is 2.57 bits per heavy atom. The molecule has 3 aromatic rings. The third-order valence-electron chi connectivity index (χ3n) is 4.59. The molecule has 3 heterocycles. The van der Waals surface area contributed by atoms with E-state index in [1.165, 1.54) is 23.0 Å². The SMILES string of the molecule is Nc1nc(NNS(=O)(=O)c2ccccc2)nc2c1ncn2[C@@H]1O[C@H](CO)[C@@H](O)[C@H]1O. The van der Waals surface area contributed by atoms with E-state index in [9.17, 15) is 23.7 Å². The van der Waals surface area contributed by atoms with Crippen molar-refractivity contribution in [2.24, 2.45) is 0 Å². The van der Waals surface area contributed by atoms with E-state index < -0.39 is 41.2 Å². The van der Waals surface area contributed by atoms with Crippen LogP contribution in [0.3, 0.4) is 0 Å². The van der Waals surface area contributed by atoms with Crippen molar-refractivity contribution < 1.29 is 28.5 Å². The van der Waals surface area contributed by atoms with Gasteiger partial charge in [-0.2, -0.15) is 9.97 Å². The number of rotatable bonds is 6. The van der Waals surface area contributed by atoms with Gasteiger partial charge in [-0.3, -0.25) is 9.99 Å². The number of benzene rings is 1. The van der Waals surface area contributed by atoms with E-state index in [0.29, 0.717) is 0 Å². The number of anilines is 2. The highest BCUT2D eigenvalue weighted by molar-refractivity contribution is 7.89. The van der Waals surface area contributed by atoms with Gasteiger partial charge < -0.3 is 25.8 Å². The number of imidazole rings is 1. The van der Waals surface area contributed by atoms with Gasteiger partial charge in [0, 0.05) is 0 Å². The number of sulfonamides is 1. The van der Waals surface area contributed by atoms with Gasteiger partial charge in [0.1, 0.15) is 23.8 Å². The summed E-state index contributed by atoms with van der Waals surface area (Å²) in [5.74, 6) is -0.222. The Morgan fingerprint density at radius 1 is 1.17 bits per heavy atom. The van der Waals surface area contributed by atoms with Crippen molar-refractivity contribution in [3.8, 4) is 0 Å². The Morgan fingerprint density at radius 2 is 1.90 bits per heavy atom. The zero-order valence-electron chi connectivity index (χ0n) is 15.3. The highest BCUT2D eigenvalue weighted by atomic mass is 32.2. The Balaban J connectivity index is 1.63. The molecule has 1 fully saturated rings. The lowest BCUT2D eigenvalue weighted by Crippen LogP contribution is -2.33. The molecule has 0 saturated carbocycles. The monoisotopic (exact) mass is 437 g/mol. The summed E-state index contributed by atoms with van der Waals surface area (Å²) in [4.78, 5) is 14.4. The first-order valence-electron chi connectivity index (χ1n) is 8.77. The summed E-state index contributed by atoms with van der Waals surface area (Å²) in [6.07, 6.45) is -3.47. The second-order valence-electron chi connectivity index (χ2n) is 6.53. The smallest absolute Gasteiger partial charge is 0.257 e. The first kappa shape index (κ1) is 20.4. The van der Waals surface area contributed by atoms with E-state index >= 15 is 0 Å². The van der Waals surface area contributed by atoms with Crippen LogP contribution in [0.5, 0.6) is 0 Å². The number of hydrogen-bond donors (Lipinski definition) is 6. The maximum Gasteiger partial charge on any atom is 0.257 e. The van der Waals surface area contributed by atoms with Crippen LogP contribution in [-0.4, -0.2) is 68.2 Å². The zero-order chi connectivity index (χ0) is 21.5. The maximum absolute atomic E-state index is 12.3. The lowest BCUT2D eigenvalue weighted by Gasteiger charge is -2.17. The molecule has 0 spiro atoms. The van der Waals surface area contributed by atoms with Crippen LogP contribution in [0.4, 0.5) is 11.8 Å². The Labute approximate surface area is 170 Å². The Bertz CT molecular complexity index is 1160. The number of ether oxygens (including phenoxy) is 1. The summed E-state index contributed by atoms with van der Waals surface area (Å²) in [6, 6.07) is 7.67. The first-order chi connectivity index (χ1) is 14.3. The Hall–Kier alpha value is -2.88. The van der Waals surface area contributed by atoms with Gasteiger partial charge in [-0.1, -0.05) is 18.2 Å². The number of hydrazine groups is 1. The van der Waals surface area contributed by atoms with E-state index in [1.807, 2.05) is 0 Å². The number of hydrogen-bond acceptors (Lipinski definition) is 11. The van der Waals surface area contributed by atoms with Crippen molar-refractivity contribution in [2.75, 3.05) is 17.8 Å². The van der Waals surface area contributed by atoms with Crippen LogP contribution in [0.15, 0.2) is 41.6 Å². The molecule has 4 rings (SSSR count). The normalized spacial score (nSPS) is 24.4. The fraction of sp³-hybridized carbons (Fsp3) is 0.312. The van der Waals surface area contributed by atoms with Gasteiger partial charge in [0.05, 0.1) is 17.8 Å². The second-order valence-corrected chi connectivity index (χ2v) is 8.21. The standard InChI is InChI=1S/C16H19N7O6S/c17-13-10-14(23(7-18-10)15-12(26)11(25)9(6-24)29-15)20-16(19-13)21-22-30(27,28)8-4-2-1-3-5-8/h1-5,7,9,11-12,15,22,24-26H,6H2,(H3,17,19,20,21)/t9-,11-,12-,15-/m1/s1. The topological polar surface area (TPSA) is 198 Å². The average molecular weight is 437 g/mol. The minimum Gasteiger partial charge on any atom is -0.394 e. The van der Waals surface area contributed by atoms with Gasteiger partial charge in [0.25, 0.3) is 10.0 Å². The van der Waals surface area contributed by atoms with Crippen molar-refractivity contribution >= 4 is 33.0 Å². The minimum absolute atomic E-state index is 0.0307. The van der Waals surface area contributed by atoms with Crippen molar-refractivity contribution in [1.82, 2.24) is 24.4 Å². The first-order valence-corrected chi connectivity index (χ1v) is 10.3. The number of fused-ring (bicyclic) bond motifs is 1. The van der Waals surface area contributed by atoms with Crippen molar-refractivity contribution in [3.63, 3.8) is 0 Å². The van der Waals surface area contributed by atoms with Gasteiger partial charge in [0.15, 0.2) is 17.7 Å². The maximum atomic E-state index is 12.3. The fourth-order valence-corrected chi connectivity index (χ4v) is 3.92. The number of aliphatic hydroxyl groups is 3. The van der Waals surface area contributed by atoms with Crippen molar-refractivity contribution in [3.05, 3.63) is 36.7 Å². The summed E-state index contributed by atoms with van der Waals surface area (Å²) in [5, 5.41) is 29.5. The number of aromatic nitrogens is 4. The molecule has 30 heavy (non-hydrogen) atoms. The predicted molar refractivity (Wildman–Crippen MR) is 103 cm³/mol. The number of nitrogens with zero attached hydrogens (tertiary/aromatic N) is 4. The largest absolute Gasteiger partial charge is 0.394 e. The number of nitrogens with two attached hydrogens (primary N) is 1. The third kappa shape index (κ3) is 3.55. The fourth-order valence-electron chi connectivity index (χ4n) is 3.06. The van der Waals surface area contributed by atoms with E-state index in [2.05, 4.69) is 25.2 Å². The lowest BCUT2D eigenvalue weighted by molar-refractivity contribution is -0.0511. The van der Waals surface area contributed by atoms with Crippen LogP contribution in [0.1, 0.15) is 6.23 Å². The van der Waals surface area contributed by atoms with E-state index in [1.54, 1.807) is 18.2 Å². The number of nitrogen functional groups attached to an aromatic ring is 1. The molecule has 1 saturated heterocycles. The summed E-state index contributed by atoms with van der Waals surface area (Å²) in [6.45, 7) is -0.494. The summed E-state index contributed by atoms with van der Waals surface area (Å²) in [5.41, 5.74) is 8.60. The van der Waals surface area contributed by atoms with Crippen LogP contribution in [0, 0.1) is 0 Å². The molecule has 0 bridgehead atoms. The zero-order valence-corrected chi connectivity index (χ0v) is 16.1. The molecule has 0 amide bonds. The predicted octanol–water partition coefficient (Wildman–Crippen LogP) is -1.67. The van der Waals surface area contributed by atoms with Gasteiger partial charge in [-0.15, -0.1) is 4.83 Å². The van der Waals surface area contributed by atoms with Crippen LogP contribution in [0.25, 0.3) is 11.2 Å². The van der Waals surface area contributed by atoms with E-state index in [4.69, 9.17) is 10.5 Å². The molecule has 1 aliphatic heterocycles. The van der Waals surface area contributed by atoms with Crippen molar-refractivity contribution in [2.45, 2.75) is 29.4 Å². The molecule has 160 valence electrons. The van der Waals surface area contributed by atoms with Gasteiger partial charge >= 0.3 is 0 Å². The molecule has 1 aliphatic rings. The average Bonchev–Trinajstić information content (AvgIpc) is 3.29. The molecule has 13 nitrogen and oxygen atoms in total. The van der Waals surface area contributed by atoms with Gasteiger partial charge in [-0.25, -0.2) is 13.4 Å². The third-order valence-corrected chi connectivity index (χ3v) is 5.85. The van der Waals surface area contributed by atoms with Crippen LogP contribution < -0.4 is 16.0 Å². The molecule has 4 atom stereocenters. The minimum atomic E-state index is -3.89.